The molecule has 150 valence electrons. The van der Waals surface area contributed by atoms with Gasteiger partial charge in [0.25, 0.3) is 5.91 Å². The topological polar surface area (TPSA) is 88.3 Å². The minimum atomic E-state index is -0.835. The molecule has 0 bridgehead atoms. The second-order valence-electron chi connectivity index (χ2n) is 9.37. The van der Waals surface area contributed by atoms with Gasteiger partial charge in [0.1, 0.15) is 0 Å². The van der Waals surface area contributed by atoms with Crippen LogP contribution >= 0.6 is 0 Å². The summed E-state index contributed by atoms with van der Waals surface area (Å²) in [4.78, 5) is 31.5. The quantitative estimate of drug-likeness (QED) is 0.878. The lowest BCUT2D eigenvalue weighted by molar-refractivity contribution is -0.142. The maximum atomic E-state index is 13.4. The van der Waals surface area contributed by atoms with Crippen LogP contribution in [0.4, 0.5) is 0 Å². The Bertz CT molecular complexity index is 968. The van der Waals surface area contributed by atoms with Crippen molar-refractivity contribution in [3.8, 4) is 0 Å². The number of carboxylic acids is 1. The van der Waals surface area contributed by atoms with Gasteiger partial charge >= 0.3 is 5.97 Å². The number of carboxylic acid groups (broad SMARTS) is 1. The summed E-state index contributed by atoms with van der Waals surface area (Å²) in [7, 11) is 0. The Morgan fingerprint density at radius 3 is 2.43 bits per heavy atom. The van der Waals surface area contributed by atoms with Crippen LogP contribution in [0.1, 0.15) is 68.2 Å². The number of pyridine rings is 1. The van der Waals surface area contributed by atoms with E-state index in [1.54, 1.807) is 4.90 Å². The number of nitrogens with zero attached hydrogens (tertiary/aromatic N) is 4. The maximum absolute atomic E-state index is 13.4. The predicted octanol–water partition coefficient (Wildman–Crippen LogP) is 3.16. The highest BCUT2D eigenvalue weighted by molar-refractivity contribution is 6.07. The number of rotatable bonds is 3. The fraction of sp³-hybridized carbons (Fsp3) is 0.619. The molecule has 2 aliphatic rings. The zero-order valence-electron chi connectivity index (χ0n) is 17.2. The highest BCUT2D eigenvalue weighted by Crippen LogP contribution is 2.41. The minimum absolute atomic E-state index is 0.0555. The largest absolute Gasteiger partial charge is 0.481 e. The normalized spacial score (nSPS) is 22.8. The van der Waals surface area contributed by atoms with Crippen molar-refractivity contribution in [2.45, 2.75) is 58.9 Å². The van der Waals surface area contributed by atoms with Crippen LogP contribution in [0.15, 0.2) is 6.07 Å². The van der Waals surface area contributed by atoms with Gasteiger partial charge in [-0.2, -0.15) is 5.10 Å². The van der Waals surface area contributed by atoms with Crippen LogP contribution in [0.5, 0.6) is 0 Å². The fourth-order valence-electron chi connectivity index (χ4n) is 4.16. The Morgan fingerprint density at radius 1 is 1.21 bits per heavy atom. The molecule has 1 aliphatic heterocycles. The van der Waals surface area contributed by atoms with Gasteiger partial charge in [-0.1, -0.05) is 6.92 Å². The first-order valence-corrected chi connectivity index (χ1v) is 10.0. The predicted molar refractivity (Wildman–Crippen MR) is 105 cm³/mol. The fourth-order valence-corrected chi connectivity index (χ4v) is 4.16. The number of amides is 1. The van der Waals surface area contributed by atoms with E-state index in [-0.39, 0.29) is 23.9 Å². The molecular formula is C21H28N4O3. The lowest BCUT2D eigenvalue weighted by Gasteiger charge is -2.21. The van der Waals surface area contributed by atoms with Crippen LogP contribution in [0.3, 0.4) is 0 Å². The summed E-state index contributed by atoms with van der Waals surface area (Å²) in [5.41, 5.74) is 2.84. The molecular weight excluding hydrogens is 356 g/mol. The van der Waals surface area contributed by atoms with Crippen LogP contribution < -0.4 is 0 Å². The highest BCUT2D eigenvalue weighted by atomic mass is 16.4. The van der Waals surface area contributed by atoms with E-state index in [1.807, 2.05) is 24.6 Å². The zero-order valence-corrected chi connectivity index (χ0v) is 17.2. The average molecular weight is 384 g/mol. The summed E-state index contributed by atoms with van der Waals surface area (Å²) in [5, 5.41) is 14.9. The smallest absolute Gasteiger partial charge is 0.308 e. The van der Waals surface area contributed by atoms with Gasteiger partial charge in [-0.15, -0.1) is 0 Å². The number of hydrogen-bond donors (Lipinski definition) is 1. The number of aliphatic carboxylic acids is 1. The van der Waals surface area contributed by atoms with E-state index in [4.69, 9.17) is 10.1 Å². The number of aryl methyl sites for hydroxylation is 1. The number of hydrogen-bond acceptors (Lipinski definition) is 4. The van der Waals surface area contributed by atoms with Crippen molar-refractivity contribution in [3.63, 3.8) is 0 Å². The Kier molecular flexibility index (Phi) is 4.25. The summed E-state index contributed by atoms with van der Waals surface area (Å²) in [6, 6.07) is 1.92. The van der Waals surface area contributed by atoms with Crippen LogP contribution in [0.2, 0.25) is 0 Å². The third-order valence-corrected chi connectivity index (χ3v) is 5.91. The molecule has 1 amide bonds. The number of likely N-dealkylation sites (tertiary alicyclic amines) is 1. The van der Waals surface area contributed by atoms with Crippen molar-refractivity contribution in [2.75, 3.05) is 13.1 Å². The Hall–Kier alpha value is -2.44. The van der Waals surface area contributed by atoms with Gasteiger partial charge in [-0.3, -0.25) is 9.59 Å². The first-order chi connectivity index (χ1) is 13.1. The third-order valence-electron chi connectivity index (χ3n) is 5.91. The minimum Gasteiger partial charge on any atom is -0.481 e. The zero-order chi connectivity index (χ0) is 20.4. The lowest BCUT2D eigenvalue weighted by atomic mass is 9.99. The summed E-state index contributed by atoms with van der Waals surface area (Å²) < 4.78 is 1.91. The molecule has 2 fully saturated rings. The van der Waals surface area contributed by atoms with Gasteiger partial charge in [0.05, 0.1) is 28.1 Å². The van der Waals surface area contributed by atoms with Gasteiger partial charge in [0.2, 0.25) is 0 Å². The molecule has 0 spiro atoms. The Morgan fingerprint density at radius 2 is 1.89 bits per heavy atom. The molecule has 1 saturated heterocycles. The van der Waals surface area contributed by atoms with Gasteiger partial charge in [0.15, 0.2) is 5.65 Å². The van der Waals surface area contributed by atoms with Crippen LogP contribution in [-0.2, 0) is 10.3 Å². The van der Waals surface area contributed by atoms with Gasteiger partial charge < -0.3 is 10.0 Å². The first-order valence-electron chi connectivity index (χ1n) is 10.0. The maximum Gasteiger partial charge on any atom is 0.308 e. The lowest BCUT2D eigenvalue weighted by Crippen LogP contribution is -2.30. The molecule has 7 heteroatoms. The van der Waals surface area contributed by atoms with Crippen molar-refractivity contribution >= 4 is 22.9 Å². The number of carbonyl (C=O) groups excluding carboxylic acids is 1. The Labute approximate surface area is 164 Å². The summed E-state index contributed by atoms with van der Waals surface area (Å²) in [6.45, 7) is 10.7. The summed E-state index contributed by atoms with van der Waals surface area (Å²) in [6.07, 6.45) is 2.19. The van der Waals surface area contributed by atoms with Crippen molar-refractivity contribution in [1.29, 1.82) is 0 Å². The first kappa shape index (κ1) is 18.9. The van der Waals surface area contributed by atoms with E-state index in [1.165, 1.54) is 0 Å². The second-order valence-corrected chi connectivity index (χ2v) is 9.37. The van der Waals surface area contributed by atoms with Crippen molar-refractivity contribution in [3.05, 3.63) is 23.0 Å². The van der Waals surface area contributed by atoms with Crippen molar-refractivity contribution in [1.82, 2.24) is 19.7 Å². The summed E-state index contributed by atoms with van der Waals surface area (Å²) in [5.74, 6) is -1.11. The number of carbonyl (C=O) groups is 2. The highest BCUT2D eigenvalue weighted by Gasteiger charge is 2.39. The van der Waals surface area contributed by atoms with Gasteiger partial charge in [-0.05, 0) is 52.5 Å². The molecule has 2 atom stereocenters. The van der Waals surface area contributed by atoms with E-state index in [0.29, 0.717) is 18.0 Å². The molecule has 1 saturated carbocycles. The van der Waals surface area contributed by atoms with Crippen LogP contribution in [0.25, 0.3) is 11.0 Å². The molecule has 7 nitrogen and oxygen atoms in total. The van der Waals surface area contributed by atoms with E-state index >= 15 is 0 Å². The van der Waals surface area contributed by atoms with Gasteiger partial charge in [-0.25, -0.2) is 9.67 Å². The van der Waals surface area contributed by atoms with E-state index in [9.17, 15) is 14.7 Å². The molecule has 3 heterocycles. The molecule has 1 aliphatic carbocycles. The average Bonchev–Trinajstić information content (AvgIpc) is 3.30. The third kappa shape index (κ3) is 3.06. The second kappa shape index (κ2) is 6.29. The standard InChI is InChI=1S/C21H28N4O3/c1-11-9-24(10-15(11)20(27)28)19(26)14-8-16(13-6-7-13)22-18-17(14)12(2)23-25(18)21(3,4)5/h8,11,13,15H,6-7,9-10H2,1-5H3,(H,27,28)/t11-,15-/m1/s1. The van der Waals surface area contributed by atoms with Crippen LogP contribution in [0, 0.1) is 18.8 Å². The molecule has 4 rings (SSSR count). The van der Waals surface area contributed by atoms with E-state index < -0.39 is 11.9 Å². The van der Waals surface area contributed by atoms with Gasteiger partial charge in [0, 0.05) is 24.7 Å². The Balaban J connectivity index is 1.83. The van der Waals surface area contributed by atoms with E-state index in [0.717, 1.165) is 35.3 Å². The summed E-state index contributed by atoms with van der Waals surface area (Å²) >= 11 is 0. The molecule has 2 aromatic heterocycles. The molecule has 1 N–H and O–H groups in total. The number of aromatic nitrogens is 3. The van der Waals surface area contributed by atoms with Crippen LogP contribution in [-0.4, -0.2) is 49.7 Å². The molecule has 0 radical (unpaired) electrons. The van der Waals surface area contributed by atoms with Crippen molar-refractivity contribution < 1.29 is 14.7 Å². The van der Waals surface area contributed by atoms with E-state index in [2.05, 4.69) is 20.8 Å². The molecule has 0 aromatic carbocycles. The number of fused-ring (bicyclic) bond motifs is 1. The molecule has 28 heavy (non-hydrogen) atoms. The molecule has 2 aromatic rings. The van der Waals surface area contributed by atoms with Crippen molar-refractivity contribution in [2.24, 2.45) is 11.8 Å². The SMILES string of the molecule is Cc1nn(C(C)(C)C)c2nc(C3CC3)cc(C(=O)N3C[C@@H](C)[C@H](C(=O)O)C3)c12. The molecule has 0 unspecified atom stereocenters. The monoisotopic (exact) mass is 384 g/mol.